The maximum absolute atomic E-state index is 6.02. The predicted octanol–water partition coefficient (Wildman–Crippen LogP) is 1.38. The van der Waals surface area contributed by atoms with Crippen LogP contribution in [0.2, 0.25) is 4.34 Å². The first-order chi connectivity index (χ1) is 7.83. The summed E-state index contributed by atoms with van der Waals surface area (Å²) in [4.78, 5) is 2.44. The van der Waals surface area contributed by atoms with Gasteiger partial charge in [-0.15, -0.1) is 5.10 Å². The zero-order chi connectivity index (χ0) is 11.0. The molecular formula is C10H15ClN4S. The topological polar surface area (TPSA) is 41.1 Å². The van der Waals surface area contributed by atoms with Crippen molar-refractivity contribution in [2.75, 3.05) is 19.6 Å². The summed E-state index contributed by atoms with van der Waals surface area (Å²) in [5, 5.41) is 7.67. The molecule has 4 nitrogen and oxygen atoms in total. The molecule has 0 unspecified atom stereocenters. The van der Waals surface area contributed by atoms with Crippen LogP contribution < -0.4 is 5.32 Å². The van der Waals surface area contributed by atoms with Gasteiger partial charge in [0, 0.05) is 37.2 Å². The summed E-state index contributed by atoms with van der Waals surface area (Å²) in [5.41, 5.74) is 0.935. The van der Waals surface area contributed by atoms with E-state index >= 15 is 0 Å². The Kier molecular flexibility index (Phi) is 3.11. The number of hydrogen-bond donors (Lipinski definition) is 1. The van der Waals surface area contributed by atoms with Gasteiger partial charge in [-0.2, -0.15) is 0 Å². The molecule has 16 heavy (non-hydrogen) atoms. The van der Waals surface area contributed by atoms with Gasteiger partial charge >= 0.3 is 0 Å². The van der Waals surface area contributed by atoms with Crippen LogP contribution in [0.5, 0.6) is 0 Å². The van der Waals surface area contributed by atoms with Crippen molar-refractivity contribution in [1.29, 1.82) is 0 Å². The molecule has 88 valence electrons. The van der Waals surface area contributed by atoms with Gasteiger partial charge in [-0.1, -0.05) is 16.1 Å². The first-order valence-corrected chi connectivity index (χ1v) is 6.90. The number of fused-ring (bicyclic) bond motifs is 1. The monoisotopic (exact) mass is 258 g/mol. The number of piperidine rings is 1. The Balaban J connectivity index is 1.63. The summed E-state index contributed by atoms with van der Waals surface area (Å²) in [7, 11) is 0. The molecular weight excluding hydrogens is 244 g/mol. The second-order valence-corrected chi connectivity index (χ2v) is 6.01. The third-order valence-corrected chi connectivity index (χ3v) is 4.54. The highest BCUT2D eigenvalue weighted by Crippen LogP contribution is 2.27. The molecule has 2 aliphatic rings. The van der Waals surface area contributed by atoms with Gasteiger partial charge in [-0.05, 0) is 25.3 Å². The molecule has 1 aromatic heterocycles. The van der Waals surface area contributed by atoms with Gasteiger partial charge in [0.1, 0.15) is 10.0 Å². The fourth-order valence-corrected chi connectivity index (χ4v) is 3.38. The van der Waals surface area contributed by atoms with Crippen LogP contribution in [0, 0.1) is 5.92 Å². The highest BCUT2D eigenvalue weighted by atomic mass is 35.5. The largest absolute Gasteiger partial charge is 0.312 e. The minimum Gasteiger partial charge on any atom is -0.312 e. The van der Waals surface area contributed by atoms with Crippen molar-refractivity contribution in [3.05, 3.63) is 10.0 Å². The van der Waals surface area contributed by atoms with Crippen molar-refractivity contribution in [3.63, 3.8) is 0 Å². The van der Waals surface area contributed by atoms with Crippen molar-refractivity contribution in [2.45, 2.75) is 25.4 Å². The fourth-order valence-electron chi connectivity index (χ4n) is 2.77. The summed E-state index contributed by atoms with van der Waals surface area (Å²) < 4.78 is 4.61. The molecule has 2 atom stereocenters. The lowest BCUT2D eigenvalue weighted by Crippen LogP contribution is -2.40. The quantitative estimate of drug-likeness (QED) is 0.870. The Bertz CT molecular complexity index is 355. The summed E-state index contributed by atoms with van der Waals surface area (Å²) in [5.74, 6) is 0.819. The molecule has 0 spiro atoms. The van der Waals surface area contributed by atoms with Crippen LogP contribution in [-0.4, -0.2) is 40.2 Å². The fraction of sp³-hybridized carbons (Fsp3) is 0.800. The Morgan fingerprint density at radius 1 is 1.50 bits per heavy atom. The first-order valence-electron chi connectivity index (χ1n) is 5.75. The lowest BCUT2D eigenvalue weighted by atomic mass is 9.94. The van der Waals surface area contributed by atoms with E-state index in [2.05, 4.69) is 19.8 Å². The van der Waals surface area contributed by atoms with Gasteiger partial charge in [0.15, 0.2) is 0 Å². The number of aromatic nitrogens is 2. The van der Waals surface area contributed by atoms with Gasteiger partial charge in [0.25, 0.3) is 0 Å². The SMILES string of the molecule is Clc1snnc1CN1C[C@@H]2CCCN[C@@H]2C1. The van der Waals surface area contributed by atoms with Gasteiger partial charge in [-0.3, -0.25) is 4.90 Å². The van der Waals surface area contributed by atoms with E-state index in [0.717, 1.165) is 29.0 Å². The molecule has 2 saturated heterocycles. The number of likely N-dealkylation sites (tertiary alicyclic amines) is 1. The Morgan fingerprint density at radius 3 is 3.19 bits per heavy atom. The van der Waals surface area contributed by atoms with Crippen LogP contribution in [0.25, 0.3) is 0 Å². The van der Waals surface area contributed by atoms with Crippen LogP contribution in [-0.2, 0) is 6.54 Å². The molecule has 2 aliphatic heterocycles. The molecule has 0 radical (unpaired) electrons. The second kappa shape index (κ2) is 4.56. The third-order valence-electron chi connectivity index (χ3n) is 3.56. The van der Waals surface area contributed by atoms with E-state index in [1.807, 2.05) is 0 Å². The summed E-state index contributed by atoms with van der Waals surface area (Å²) in [6.45, 7) is 4.32. The van der Waals surface area contributed by atoms with Crippen molar-refractivity contribution in [3.8, 4) is 0 Å². The van der Waals surface area contributed by atoms with Crippen molar-refractivity contribution >= 4 is 23.1 Å². The van der Waals surface area contributed by atoms with Gasteiger partial charge in [0.05, 0.1) is 0 Å². The molecule has 3 rings (SSSR count). The smallest absolute Gasteiger partial charge is 0.138 e. The van der Waals surface area contributed by atoms with Crippen molar-refractivity contribution in [1.82, 2.24) is 19.8 Å². The number of nitrogens with one attached hydrogen (secondary N) is 1. The second-order valence-electron chi connectivity index (χ2n) is 4.65. The van der Waals surface area contributed by atoms with E-state index in [4.69, 9.17) is 11.6 Å². The van der Waals surface area contributed by atoms with E-state index in [0.29, 0.717) is 6.04 Å². The molecule has 0 bridgehead atoms. The molecule has 0 aromatic carbocycles. The van der Waals surface area contributed by atoms with E-state index in [-0.39, 0.29) is 0 Å². The molecule has 6 heteroatoms. The van der Waals surface area contributed by atoms with E-state index in [1.54, 1.807) is 0 Å². The zero-order valence-electron chi connectivity index (χ0n) is 9.03. The third kappa shape index (κ3) is 2.09. The first kappa shape index (κ1) is 10.9. The summed E-state index contributed by atoms with van der Waals surface area (Å²) >= 11 is 7.30. The predicted molar refractivity (Wildman–Crippen MR) is 64.7 cm³/mol. The minimum atomic E-state index is 0.680. The normalized spacial score (nSPS) is 30.6. The Labute approximate surface area is 104 Å². The molecule has 3 heterocycles. The van der Waals surface area contributed by atoms with E-state index in [1.165, 1.54) is 37.5 Å². The van der Waals surface area contributed by atoms with Crippen LogP contribution in [0.1, 0.15) is 18.5 Å². The maximum atomic E-state index is 6.02. The number of hydrogen-bond acceptors (Lipinski definition) is 5. The highest BCUT2D eigenvalue weighted by molar-refractivity contribution is 7.10. The molecule has 0 amide bonds. The van der Waals surface area contributed by atoms with Crippen LogP contribution in [0.3, 0.4) is 0 Å². The summed E-state index contributed by atoms with van der Waals surface area (Å²) in [6.07, 6.45) is 2.67. The van der Waals surface area contributed by atoms with E-state index in [9.17, 15) is 0 Å². The van der Waals surface area contributed by atoms with Crippen molar-refractivity contribution < 1.29 is 0 Å². The van der Waals surface area contributed by atoms with Crippen LogP contribution in [0.15, 0.2) is 0 Å². The molecule has 2 fully saturated rings. The van der Waals surface area contributed by atoms with Crippen LogP contribution >= 0.6 is 23.1 Å². The standard InChI is InChI=1S/C10H15ClN4S/c11-10-9(13-14-16-10)6-15-4-7-2-1-3-12-8(7)5-15/h7-8,12H,1-6H2/t7-,8+/m0/s1. The van der Waals surface area contributed by atoms with Gasteiger partial charge < -0.3 is 5.32 Å². The average molecular weight is 259 g/mol. The minimum absolute atomic E-state index is 0.680. The molecule has 0 aliphatic carbocycles. The highest BCUT2D eigenvalue weighted by Gasteiger charge is 2.34. The number of nitrogens with zero attached hydrogens (tertiary/aromatic N) is 3. The Morgan fingerprint density at radius 2 is 2.44 bits per heavy atom. The Hall–Kier alpha value is -0.230. The lowest BCUT2D eigenvalue weighted by Gasteiger charge is -2.24. The molecule has 1 N–H and O–H groups in total. The van der Waals surface area contributed by atoms with Crippen LogP contribution in [0.4, 0.5) is 0 Å². The van der Waals surface area contributed by atoms with Gasteiger partial charge in [-0.25, -0.2) is 0 Å². The molecule has 1 aromatic rings. The molecule has 0 saturated carbocycles. The number of rotatable bonds is 2. The summed E-state index contributed by atoms with van der Waals surface area (Å²) in [6, 6.07) is 0.680. The van der Waals surface area contributed by atoms with E-state index < -0.39 is 0 Å². The maximum Gasteiger partial charge on any atom is 0.138 e. The zero-order valence-corrected chi connectivity index (χ0v) is 10.6. The van der Waals surface area contributed by atoms with Crippen molar-refractivity contribution in [2.24, 2.45) is 5.92 Å². The average Bonchev–Trinajstić information content (AvgIpc) is 2.85. The number of halogens is 1. The lowest BCUT2D eigenvalue weighted by molar-refractivity contribution is 0.309. The van der Waals surface area contributed by atoms with Gasteiger partial charge in [0.2, 0.25) is 0 Å².